The third kappa shape index (κ3) is 2.85. The summed E-state index contributed by atoms with van der Waals surface area (Å²) >= 11 is 1.45. The molecule has 0 aliphatic carbocycles. The normalized spacial score (nSPS) is 11.4. The van der Waals surface area contributed by atoms with Crippen LogP contribution in [0.1, 0.15) is 27.7 Å². The van der Waals surface area contributed by atoms with E-state index in [-0.39, 0.29) is 12.2 Å². The van der Waals surface area contributed by atoms with Crippen LogP contribution in [0.3, 0.4) is 0 Å². The van der Waals surface area contributed by atoms with Gasteiger partial charge in [0, 0.05) is 12.1 Å². The quantitative estimate of drug-likeness (QED) is 0.920. The van der Waals surface area contributed by atoms with E-state index < -0.39 is 0 Å². The molecule has 1 aromatic carbocycles. The average molecular weight is 266 g/mol. The molecule has 0 amide bonds. The third-order valence-electron chi connectivity index (χ3n) is 2.20. The molecule has 1 heterocycles. The Bertz CT molecular complexity index is 502. The smallest absolute Gasteiger partial charge is 0.181 e. The Labute approximate surface area is 111 Å². The summed E-state index contributed by atoms with van der Waals surface area (Å²) in [5.41, 5.74) is 6.57. The lowest BCUT2D eigenvalue weighted by Crippen LogP contribution is -2.10. The van der Waals surface area contributed by atoms with Gasteiger partial charge in [-0.05, 0) is 27.7 Å². The Hall–Kier alpha value is -1.49. The lowest BCUT2D eigenvalue weighted by Gasteiger charge is -2.16. The van der Waals surface area contributed by atoms with Gasteiger partial charge in [-0.1, -0.05) is 11.3 Å². The first-order valence-electron chi connectivity index (χ1n) is 5.99. The van der Waals surface area contributed by atoms with Gasteiger partial charge in [0.1, 0.15) is 0 Å². The number of fused-ring (bicyclic) bond motifs is 1. The van der Waals surface area contributed by atoms with E-state index in [1.54, 1.807) is 0 Å². The Balaban J connectivity index is 2.48. The molecule has 18 heavy (non-hydrogen) atoms. The van der Waals surface area contributed by atoms with Crippen LogP contribution < -0.4 is 15.2 Å². The van der Waals surface area contributed by atoms with Crippen LogP contribution >= 0.6 is 11.3 Å². The molecular formula is C13H18N2O2S. The molecule has 0 spiro atoms. The van der Waals surface area contributed by atoms with Crippen LogP contribution in [-0.4, -0.2) is 17.2 Å². The van der Waals surface area contributed by atoms with E-state index in [2.05, 4.69) is 4.98 Å². The van der Waals surface area contributed by atoms with Crippen LogP contribution in [0.15, 0.2) is 12.1 Å². The van der Waals surface area contributed by atoms with E-state index in [0.717, 1.165) is 21.7 Å². The van der Waals surface area contributed by atoms with Crippen molar-refractivity contribution in [3.05, 3.63) is 12.1 Å². The molecule has 2 aromatic rings. The van der Waals surface area contributed by atoms with E-state index >= 15 is 0 Å². The number of aromatic nitrogens is 1. The van der Waals surface area contributed by atoms with Gasteiger partial charge in [-0.25, -0.2) is 4.98 Å². The molecule has 0 bridgehead atoms. The summed E-state index contributed by atoms with van der Waals surface area (Å²) in [6.07, 6.45) is 0.190. The van der Waals surface area contributed by atoms with Crippen molar-refractivity contribution < 1.29 is 9.47 Å². The molecule has 5 heteroatoms. The van der Waals surface area contributed by atoms with E-state index in [1.165, 1.54) is 11.3 Å². The van der Waals surface area contributed by atoms with Gasteiger partial charge in [0.2, 0.25) is 0 Å². The zero-order valence-electron chi connectivity index (χ0n) is 11.1. The minimum absolute atomic E-state index is 0.0907. The van der Waals surface area contributed by atoms with Crippen molar-refractivity contribution >= 4 is 26.7 Å². The second-order valence-corrected chi connectivity index (χ2v) is 5.71. The van der Waals surface area contributed by atoms with Gasteiger partial charge in [-0.15, -0.1) is 0 Å². The summed E-state index contributed by atoms with van der Waals surface area (Å²) in [4.78, 5) is 4.26. The molecule has 0 saturated carbocycles. The first-order valence-corrected chi connectivity index (χ1v) is 6.80. The lowest BCUT2D eigenvalue weighted by molar-refractivity contribution is 0.199. The Morgan fingerprint density at radius 3 is 2.17 bits per heavy atom. The number of nitrogens with two attached hydrogens (primary N) is 1. The van der Waals surface area contributed by atoms with Gasteiger partial charge in [0.05, 0.1) is 22.4 Å². The number of thiazole rings is 1. The summed E-state index contributed by atoms with van der Waals surface area (Å²) in [5.74, 6) is 1.46. The van der Waals surface area contributed by atoms with Crippen molar-refractivity contribution in [2.45, 2.75) is 39.9 Å². The number of anilines is 1. The fourth-order valence-electron chi connectivity index (χ4n) is 1.65. The van der Waals surface area contributed by atoms with Gasteiger partial charge in [0.15, 0.2) is 16.6 Å². The van der Waals surface area contributed by atoms with Crippen LogP contribution in [0.2, 0.25) is 0 Å². The number of benzene rings is 1. The third-order valence-corrected chi connectivity index (χ3v) is 3.04. The molecule has 2 rings (SSSR count). The average Bonchev–Trinajstić information content (AvgIpc) is 2.56. The second-order valence-electron chi connectivity index (χ2n) is 4.65. The Morgan fingerprint density at radius 2 is 1.61 bits per heavy atom. The monoisotopic (exact) mass is 266 g/mol. The zero-order valence-corrected chi connectivity index (χ0v) is 11.9. The van der Waals surface area contributed by atoms with Gasteiger partial charge < -0.3 is 15.2 Å². The predicted octanol–water partition coefficient (Wildman–Crippen LogP) is 3.45. The van der Waals surface area contributed by atoms with Crippen molar-refractivity contribution in [2.75, 3.05) is 5.73 Å². The fourth-order valence-corrected chi connectivity index (χ4v) is 2.39. The summed E-state index contributed by atoms with van der Waals surface area (Å²) < 4.78 is 12.6. The zero-order chi connectivity index (χ0) is 13.3. The Kier molecular flexibility index (Phi) is 3.61. The maximum atomic E-state index is 5.78. The highest BCUT2D eigenvalue weighted by Gasteiger charge is 2.13. The summed E-state index contributed by atoms with van der Waals surface area (Å²) in [6.45, 7) is 7.95. The molecule has 0 unspecified atom stereocenters. The van der Waals surface area contributed by atoms with Gasteiger partial charge in [0.25, 0.3) is 0 Å². The minimum atomic E-state index is 0.0907. The van der Waals surface area contributed by atoms with Gasteiger partial charge in [-0.3, -0.25) is 0 Å². The Morgan fingerprint density at radius 1 is 1.06 bits per heavy atom. The van der Waals surface area contributed by atoms with Crippen molar-refractivity contribution in [3.63, 3.8) is 0 Å². The largest absolute Gasteiger partial charge is 0.487 e. The fraction of sp³-hybridized carbons (Fsp3) is 0.462. The van der Waals surface area contributed by atoms with Crippen LogP contribution in [0.4, 0.5) is 5.13 Å². The van der Waals surface area contributed by atoms with Crippen LogP contribution in [0.5, 0.6) is 11.5 Å². The topological polar surface area (TPSA) is 57.4 Å². The van der Waals surface area contributed by atoms with Crippen molar-refractivity contribution in [1.29, 1.82) is 0 Å². The number of hydrogen-bond donors (Lipinski definition) is 1. The van der Waals surface area contributed by atoms with Crippen LogP contribution in [0, 0.1) is 0 Å². The number of nitrogen functional groups attached to an aromatic ring is 1. The van der Waals surface area contributed by atoms with E-state index in [4.69, 9.17) is 15.2 Å². The highest BCUT2D eigenvalue weighted by Crippen LogP contribution is 2.36. The minimum Gasteiger partial charge on any atom is -0.487 e. The van der Waals surface area contributed by atoms with Crippen molar-refractivity contribution in [3.8, 4) is 11.5 Å². The first-order chi connectivity index (χ1) is 8.45. The molecule has 4 nitrogen and oxygen atoms in total. The molecule has 1 aromatic heterocycles. The number of rotatable bonds is 4. The SMILES string of the molecule is CC(C)Oc1cc2nc(N)sc2cc1OC(C)C. The lowest BCUT2D eigenvalue weighted by atomic mass is 10.3. The van der Waals surface area contributed by atoms with Crippen molar-refractivity contribution in [2.24, 2.45) is 0 Å². The maximum Gasteiger partial charge on any atom is 0.181 e. The predicted molar refractivity (Wildman–Crippen MR) is 75.6 cm³/mol. The second kappa shape index (κ2) is 5.02. The van der Waals surface area contributed by atoms with Crippen LogP contribution in [-0.2, 0) is 0 Å². The van der Waals surface area contributed by atoms with Gasteiger partial charge in [-0.2, -0.15) is 0 Å². The molecular weight excluding hydrogens is 248 g/mol. The number of nitrogens with zero attached hydrogens (tertiary/aromatic N) is 1. The molecule has 0 atom stereocenters. The van der Waals surface area contributed by atoms with E-state index in [9.17, 15) is 0 Å². The number of ether oxygens (including phenoxy) is 2. The summed E-state index contributed by atoms with van der Waals surface area (Å²) in [5, 5.41) is 0.558. The first kappa shape index (κ1) is 13.0. The van der Waals surface area contributed by atoms with E-state index in [0.29, 0.717) is 5.13 Å². The maximum absolute atomic E-state index is 5.78. The summed E-state index contributed by atoms with van der Waals surface area (Å²) in [6, 6.07) is 3.83. The highest BCUT2D eigenvalue weighted by atomic mass is 32.1. The summed E-state index contributed by atoms with van der Waals surface area (Å²) in [7, 11) is 0. The highest BCUT2D eigenvalue weighted by molar-refractivity contribution is 7.22. The van der Waals surface area contributed by atoms with E-state index in [1.807, 2.05) is 39.8 Å². The molecule has 0 aliphatic rings. The standard InChI is InChI=1S/C13H18N2O2S/c1-7(2)16-10-5-9-12(18-13(14)15-9)6-11(10)17-8(3)4/h5-8H,1-4H3,(H2,14,15). The molecule has 0 fully saturated rings. The number of hydrogen-bond acceptors (Lipinski definition) is 5. The van der Waals surface area contributed by atoms with Crippen LogP contribution in [0.25, 0.3) is 10.2 Å². The molecule has 0 aliphatic heterocycles. The molecule has 98 valence electrons. The van der Waals surface area contributed by atoms with Gasteiger partial charge >= 0.3 is 0 Å². The molecule has 0 saturated heterocycles. The van der Waals surface area contributed by atoms with Crippen molar-refractivity contribution in [1.82, 2.24) is 4.98 Å². The molecule has 0 radical (unpaired) electrons. The molecule has 2 N–H and O–H groups in total.